The highest BCUT2D eigenvalue weighted by Gasteiger charge is 2.19. The quantitative estimate of drug-likeness (QED) is 0.662. The molecule has 0 unspecified atom stereocenters. The Kier molecular flexibility index (Phi) is 4.97. The van der Waals surface area contributed by atoms with E-state index in [4.69, 9.17) is 4.74 Å². The highest BCUT2D eigenvalue weighted by atomic mass is 32.2. The molecule has 0 bridgehead atoms. The van der Waals surface area contributed by atoms with Crippen LogP contribution in [0.5, 0.6) is 5.75 Å². The SMILES string of the molecule is CCn1c(COc2ccccc2F)nc2cc(S(=O)(=O)N(C)C)ccc21. The van der Waals surface area contributed by atoms with E-state index in [1.54, 1.807) is 36.4 Å². The maximum Gasteiger partial charge on any atom is 0.242 e. The Balaban J connectivity index is 1.97. The van der Waals surface area contributed by atoms with Crippen LogP contribution in [-0.2, 0) is 23.2 Å². The summed E-state index contributed by atoms with van der Waals surface area (Å²) in [5, 5.41) is 0. The first-order valence-corrected chi connectivity index (χ1v) is 9.57. The van der Waals surface area contributed by atoms with Crippen molar-refractivity contribution in [2.75, 3.05) is 14.1 Å². The molecule has 0 atom stereocenters. The number of fused-ring (bicyclic) bond motifs is 1. The molecule has 138 valence electrons. The molecule has 1 aromatic heterocycles. The van der Waals surface area contributed by atoms with Gasteiger partial charge in [-0.2, -0.15) is 0 Å². The first-order valence-electron chi connectivity index (χ1n) is 8.13. The van der Waals surface area contributed by atoms with E-state index in [1.807, 2.05) is 11.5 Å². The second-order valence-corrected chi connectivity index (χ2v) is 8.08. The lowest BCUT2D eigenvalue weighted by molar-refractivity contribution is 0.276. The van der Waals surface area contributed by atoms with Crippen LogP contribution < -0.4 is 4.74 Å². The number of rotatable bonds is 6. The van der Waals surface area contributed by atoms with E-state index in [1.165, 1.54) is 20.2 Å². The molecule has 0 radical (unpaired) electrons. The van der Waals surface area contributed by atoms with Gasteiger partial charge in [0.1, 0.15) is 12.4 Å². The molecule has 3 rings (SSSR count). The van der Waals surface area contributed by atoms with Crippen LogP contribution in [0.15, 0.2) is 47.4 Å². The minimum absolute atomic E-state index is 0.0826. The molecule has 2 aromatic carbocycles. The number of benzene rings is 2. The van der Waals surface area contributed by atoms with Gasteiger partial charge in [0.2, 0.25) is 10.0 Å². The third kappa shape index (κ3) is 3.30. The summed E-state index contributed by atoms with van der Waals surface area (Å²) in [6.45, 7) is 2.67. The van der Waals surface area contributed by atoms with Crippen LogP contribution in [0.1, 0.15) is 12.7 Å². The molecule has 0 N–H and O–H groups in total. The summed E-state index contributed by atoms with van der Waals surface area (Å²) in [7, 11) is -0.568. The number of halogens is 1. The number of imidazole rings is 1. The monoisotopic (exact) mass is 377 g/mol. The highest BCUT2D eigenvalue weighted by Crippen LogP contribution is 2.23. The van der Waals surface area contributed by atoms with Gasteiger partial charge in [-0.05, 0) is 37.3 Å². The number of aromatic nitrogens is 2. The second kappa shape index (κ2) is 7.05. The van der Waals surface area contributed by atoms with Crippen molar-refractivity contribution in [1.29, 1.82) is 0 Å². The van der Waals surface area contributed by atoms with Crippen molar-refractivity contribution in [2.24, 2.45) is 0 Å². The molecule has 1 heterocycles. The second-order valence-electron chi connectivity index (χ2n) is 5.93. The van der Waals surface area contributed by atoms with Gasteiger partial charge in [-0.3, -0.25) is 0 Å². The summed E-state index contributed by atoms with van der Waals surface area (Å²) in [6, 6.07) is 11.0. The van der Waals surface area contributed by atoms with E-state index in [0.29, 0.717) is 17.9 Å². The molecule has 8 heteroatoms. The van der Waals surface area contributed by atoms with Crippen LogP contribution in [0.25, 0.3) is 11.0 Å². The summed E-state index contributed by atoms with van der Waals surface area (Å²) in [5.41, 5.74) is 1.36. The van der Waals surface area contributed by atoms with E-state index in [9.17, 15) is 12.8 Å². The van der Waals surface area contributed by atoms with E-state index in [2.05, 4.69) is 4.98 Å². The van der Waals surface area contributed by atoms with Crippen LogP contribution in [0.2, 0.25) is 0 Å². The van der Waals surface area contributed by atoms with Crippen LogP contribution >= 0.6 is 0 Å². The van der Waals surface area contributed by atoms with Crippen molar-refractivity contribution in [3.05, 3.63) is 54.1 Å². The van der Waals surface area contributed by atoms with Gasteiger partial charge in [-0.15, -0.1) is 0 Å². The van der Waals surface area contributed by atoms with E-state index >= 15 is 0 Å². The third-order valence-corrected chi connectivity index (χ3v) is 5.90. The summed E-state index contributed by atoms with van der Waals surface area (Å²) in [5.74, 6) is 0.314. The summed E-state index contributed by atoms with van der Waals surface area (Å²) >= 11 is 0. The van der Waals surface area contributed by atoms with E-state index in [-0.39, 0.29) is 17.3 Å². The van der Waals surface area contributed by atoms with Gasteiger partial charge < -0.3 is 9.30 Å². The summed E-state index contributed by atoms with van der Waals surface area (Å²) in [6.07, 6.45) is 0. The van der Waals surface area contributed by atoms with E-state index < -0.39 is 15.8 Å². The summed E-state index contributed by atoms with van der Waals surface area (Å²) < 4.78 is 47.0. The molecule has 0 aliphatic carbocycles. The fourth-order valence-electron chi connectivity index (χ4n) is 2.70. The minimum atomic E-state index is -3.54. The number of sulfonamides is 1. The number of ether oxygens (including phenoxy) is 1. The first-order chi connectivity index (χ1) is 12.3. The average molecular weight is 377 g/mol. The van der Waals surface area contributed by atoms with Gasteiger partial charge in [0.05, 0.1) is 15.9 Å². The lowest BCUT2D eigenvalue weighted by atomic mass is 10.3. The molecule has 6 nitrogen and oxygen atoms in total. The largest absolute Gasteiger partial charge is 0.483 e. The molecule has 0 saturated heterocycles. The van der Waals surface area contributed by atoms with Gasteiger partial charge in [0.25, 0.3) is 0 Å². The molecule has 26 heavy (non-hydrogen) atoms. The Hall–Kier alpha value is -2.45. The molecule has 0 amide bonds. The van der Waals surface area contributed by atoms with Gasteiger partial charge in [0, 0.05) is 20.6 Å². The van der Waals surface area contributed by atoms with Crippen molar-refractivity contribution in [3.8, 4) is 5.75 Å². The Morgan fingerprint density at radius 3 is 2.58 bits per heavy atom. The normalized spacial score (nSPS) is 12.0. The predicted molar refractivity (Wildman–Crippen MR) is 97.0 cm³/mol. The molecule has 0 fully saturated rings. The van der Waals surface area contributed by atoms with E-state index in [0.717, 1.165) is 9.82 Å². The number of hydrogen-bond acceptors (Lipinski definition) is 4. The van der Waals surface area contributed by atoms with Crippen molar-refractivity contribution in [2.45, 2.75) is 25.0 Å². The Morgan fingerprint density at radius 1 is 1.19 bits per heavy atom. The van der Waals surface area contributed by atoms with Crippen molar-refractivity contribution >= 4 is 21.1 Å². The smallest absolute Gasteiger partial charge is 0.242 e. The molecule has 0 spiro atoms. The Labute approximate surface area is 151 Å². The molecule has 0 aliphatic heterocycles. The lowest BCUT2D eigenvalue weighted by Crippen LogP contribution is -2.22. The topological polar surface area (TPSA) is 64.4 Å². The molecular formula is C18H20FN3O3S. The fraction of sp³-hybridized carbons (Fsp3) is 0.278. The Bertz CT molecular complexity index is 1050. The number of hydrogen-bond donors (Lipinski definition) is 0. The zero-order valence-electron chi connectivity index (χ0n) is 14.8. The van der Waals surface area contributed by atoms with Crippen molar-refractivity contribution < 1.29 is 17.5 Å². The standard InChI is InChI=1S/C18H20FN3O3S/c1-4-22-16-10-9-13(26(23,24)21(2)3)11-15(16)20-18(22)12-25-17-8-6-5-7-14(17)19/h5-11H,4,12H2,1-3H3. The number of nitrogens with zero attached hydrogens (tertiary/aromatic N) is 3. The Morgan fingerprint density at radius 2 is 1.92 bits per heavy atom. The van der Waals surface area contributed by atoms with Gasteiger partial charge in [-0.25, -0.2) is 22.1 Å². The van der Waals surface area contributed by atoms with Crippen LogP contribution in [0.4, 0.5) is 4.39 Å². The van der Waals surface area contributed by atoms with Crippen molar-refractivity contribution in [1.82, 2.24) is 13.9 Å². The number of aryl methyl sites for hydroxylation is 1. The third-order valence-electron chi connectivity index (χ3n) is 4.09. The van der Waals surface area contributed by atoms with Crippen LogP contribution in [0.3, 0.4) is 0 Å². The lowest BCUT2D eigenvalue weighted by Gasteiger charge is -2.11. The maximum absolute atomic E-state index is 13.7. The summed E-state index contributed by atoms with van der Waals surface area (Å²) in [4.78, 5) is 4.67. The first kappa shape index (κ1) is 18.3. The highest BCUT2D eigenvalue weighted by molar-refractivity contribution is 7.89. The molecule has 0 saturated carbocycles. The predicted octanol–water partition coefficient (Wildman–Crippen LogP) is 3.02. The van der Waals surface area contributed by atoms with Gasteiger partial charge in [0.15, 0.2) is 11.6 Å². The zero-order valence-corrected chi connectivity index (χ0v) is 15.6. The maximum atomic E-state index is 13.7. The number of para-hydroxylation sites is 1. The van der Waals surface area contributed by atoms with Crippen molar-refractivity contribution in [3.63, 3.8) is 0 Å². The minimum Gasteiger partial charge on any atom is -0.483 e. The zero-order chi connectivity index (χ0) is 18.9. The molecular weight excluding hydrogens is 357 g/mol. The molecule has 3 aromatic rings. The molecule has 0 aliphatic rings. The van der Waals surface area contributed by atoms with Crippen LogP contribution in [-0.4, -0.2) is 36.4 Å². The average Bonchev–Trinajstić information content (AvgIpc) is 2.97. The fourth-order valence-corrected chi connectivity index (χ4v) is 3.62. The van der Waals surface area contributed by atoms with Gasteiger partial charge >= 0.3 is 0 Å². The van der Waals surface area contributed by atoms with Crippen LogP contribution in [0, 0.1) is 5.82 Å². The van der Waals surface area contributed by atoms with Gasteiger partial charge in [-0.1, -0.05) is 12.1 Å².